The van der Waals surface area contributed by atoms with Gasteiger partial charge in [-0.25, -0.2) is 24.9 Å². The van der Waals surface area contributed by atoms with Crippen molar-refractivity contribution in [3.63, 3.8) is 0 Å². The highest BCUT2D eigenvalue weighted by atomic mass is 19.4. The Morgan fingerprint density at radius 1 is 0.304 bits per heavy atom. The Bertz CT molecular complexity index is 3540. The van der Waals surface area contributed by atoms with E-state index in [0.29, 0.717) is 62.4 Å². The first kappa shape index (κ1) is 42.8. The van der Waals surface area contributed by atoms with Crippen molar-refractivity contribution in [2.45, 2.75) is 12.4 Å². The second-order valence-electron chi connectivity index (χ2n) is 16.3. The molecule has 0 saturated carbocycles. The highest BCUT2D eigenvalue weighted by Gasteiger charge is 2.37. The molecule has 11 rings (SSSR count). The van der Waals surface area contributed by atoms with Crippen molar-refractivity contribution in [2.75, 3.05) is 0 Å². The first-order chi connectivity index (χ1) is 33.4. The number of halogens is 6. The van der Waals surface area contributed by atoms with Gasteiger partial charge in [-0.1, -0.05) is 158 Å². The summed E-state index contributed by atoms with van der Waals surface area (Å²) in [6, 6.07) is 60.4. The van der Waals surface area contributed by atoms with Crippen LogP contribution in [0, 0.1) is 0 Å². The molecule has 0 aliphatic heterocycles. The number of para-hydroxylation sites is 1. The summed E-state index contributed by atoms with van der Waals surface area (Å²) in [4.78, 5) is 25.3. The van der Waals surface area contributed by atoms with Crippen LogP contribution in [0.1, 0.15) is 11.1 Å². The molecule has 12 heteroatoms. The molecule has 0 spiro atoms. The van der Waals surface area contributed by atoms with Crippen LogP contribution < -0.4 is 0 Å². The summed E-state index contributed by atoms with van der Waals surface area (Å²) >= 11 is 0. The van der Waals surface area contributed by atoms with Gasteiger partial charge in [-0.2, -0.15) is 26.3 Å². The van der Waals surface area contributed by atoms with Crippen molar-refractivity contribution in [1.82, 2.24) is 29.5 Å². The van der Waals surface area contributed by atoms with E-state index in [1.807, 2.05) is 174 Å². The lowest BCUT2D eigenvalue weighted by Gasteiger charge is -2.17. The predicted molar refractivity (Wildman–Crippen MR) is 258 cm³/mol. The molecule has 6 nitrogen and oxygen atoms in total. The fraction of sp³-hybridized carbons (Fsp3) is 0.0351. The van der Waals surface area contributed by atoms with Crippen LogP contribution in [-0.2, 0) is 12.4 Å². The van der Waals surface area contributed by atoms with Crippen LogP contribution in [0.15, 0.2) is 206 Å². The largest absolute Gasteiger partial charge is 0.416 e. The molecule has 8 aromatic carbocycles. The lowest BCUT2D eigenvalue weighted by atomic mass is 9.98. The highest BCUT2D eigenvalue weighted by Crippen LogP contribution is 2.43. The van der Waals surface area contributed by atoms with Gasteiger partial charge in [-0.05, 0) is 59.7 Å². The van der Waals surface area contributed by atoms with Gasteiger partial charge in [-0.15, -0.1) is 0 Å². The van der Waals surface area contributed by atoms with Crippen LogP contribution in [0.25, 0.3) is 107 Å². The third kappa shape index (κ3) is 8.37. The quantitative estimate of drug-likeness (QED) is 0.142. The number of alkyl halides is 6. The molecule has 334 valence electrons. The monoisotopic (exact) mass is 916 g/mol. The van der Waals surface area contributed by atoms with E-state index >= 15 is 0 Å². The molecule has 3 heterocycles. The zero-order valence-electron chi connectivity index (χ0n) is 36.1. The molecule has 0 bridgehead atoms. The molecule has 3 aromatic heterocycles. The maximum absolute atomic E-state index is 14.2. The normalized spacial score (nSPS) is 11.9. The molecule has 0 aliphatic rings. The molecule has 0 amide bonds. The van der Waals surface area contributed by atoms with Crippen molar-refractivity contribution in [2.24, 2.45) is 0 Å². The van der Waals surface area contributed by atoms with Gasteiger partial charge in [0.15, 0.2) is 23.3 Å². The summed E-state index contributed by atoms with van der Waals surface area (Å²) < 4.78 is 87.1. The second-order valence-corrected chi connectivity index (χ2v) is 16.3. The lowest BCUT2D eigenvalue weighted by molar-refractivity contribution is -0.143. The number of hydrogen-bond donors (Lipinski definition) is 0. The Morgan fingerprint density at radius 2 is 0.754 bits per heavy atom. The van der Waals surface area contributed by atoms with Crippen LogP contribution in [0.3, 0.4) is 0 Å². The zero-order chi connectivity index (χ0) is 47.3. The predicted octanol–water partition coefficient (Wildman–Crippen LogP) is 15.5. The number of rotatable bonds is 8. The maximum atomic E-state index is 14.2. The number of fused-ring (bicyclic) bond motifs is 3. The van der Waals surface area contributed by atoms with E-state index in [4.69, 9.17) is 24.9 Å². The molecule has 0 N–H and O–H groups in total. The van der Waals surface area contributed by atoms with Gasteiger partial charge >= 0.3 is 12.4 Å². The van der Waals surface area contributed by atoms with E-state index < -0.39 is 23.5 Å². The molecule has 0 unspecified atom stereocenters. The molecular formula is C57H34F6N6. The third-order valence-electron chi connectivity index (χ3n) is 11.9. The zero-order valence-corrected chi connectivity index (χ0v) is 36.1. The van der Waals surface area contributed by atoms with Crippen molar-refractivity contribution >= 4 is 21.8 Å². The van der Waals surface area contributed by atoms with Gasteiger partial charge < -0.3 is 4.57 Å². The van der Waals surface area contributed by atoms with E-state index in [-0.39, 0.29) is 17.2 Å². The van der Waals surface area contributed by atoms with Crippen LogP contribution in [0.2, 0.25) is 0 Å². The van der Waals surface area contributed by atoms with Crippen molar-refractivity contribution in [3.8, 4) is 84.9 Å². The Balaban J connectivity index is 1.20. The first-order valence-corrected chi connectivity index (χ1v) is 21.8. The molecular weight excluding hydrogens is 883 g/mol. The lowest BCUT2D eigenvalue weighted by Crippen LogP contribution is -2.11. The molecule has 69 heavy (non-hydrogen) atoms. The van der Waals surface area contributed by atoms with E-state index in [1.54, 1.807) is 18.2 Å². The molecule has 0 saturated heterocycles. The van der Waals surface area contributed by atoms with Gasteiger partial charge in [0.2, 0.25) is 0 Å². The highest BCUT2D eigenvalue weighted by molar-refractivity contribution is 6.10. The number of benzene rings is 8. The van der Waals surface area contributed by atoms with Crippen LogP contribution in [0.5, 0.6) is 0 Å². The fourth-order valence-electron chi connectivity index (χ4n) is 8.60. The van der Waals surface area contributed by atoms with E-state index in [0.717, 1.165) is 45.3 Å². The molecule has 0 atom stereocenters. The Hall–Kier alpha value is -8.77. The first-order valence-electron chi connectivity index (χ1n) is 21.8. The molecule has 0 radical (unpaired) electrons. The van der Waals surface area contributed by atoms with Crippen molar-refractivity contribution < 1.29 is 26.3 Å². The summed E-state index contributed by atoms with van der Waals surface area (Å²) in [6.07, 6.45) is -10.1. The topological polar surface area (TPSA) is 69.4 Å². The summed E-state index contributed by atoms with van der Waals surface area (Å²) in [5.74, 6) is 1.62. The fourth-order valence-corrected chi connectivity index (χ4v) is 8.60. The average molecular weight is 917 g/mol. The SMILES string of the molecule is FC(F)(F)c1cc(-c2ccc3c4ccccc4n(-c4ccc(-c5cc(-c6ccccc6)nc(-c6ccccc6)n5)cc4-c4nc(-c5ccccc5)nc(-c5ccccc5)n4)c3c2)cc(C(F)(F)F)c1. The van der Waals surface area contributed by atoms with Crippen LogP contribution >= 0.6 is 0 Å². The summed E-state index contributed by atoms with van der Waals surface area (Å²) in [6.45, 7) is 0. The van der Waals surface area contributed by atoms with Gasteiger partial charge in [-0.3, -0.25) is 0 Å². The summed E-state index contributed by atoms with van der Waals surface area (Å²) in [5, 5.41) is 1.52. The molecule has 11 aromatic rings. The number of nitrogens with zero attached hydrogens (tertiary/aromatic N) is 6. The molecule has 0 aliphatic carbocycles. The standard InChI is InChI=1S/C57H34F6N6/c58-56(59,60)42-29-41(30-43(33-42)57(61,62)63)39-25-27-45-44-23-13-14-24-49(44)69(51(45)32-39)50-28-26-40(48-34-47(35-15-5-1-6-16-35)64-52(65-48)36-17-7-2-8-18-36)31-46(50)55-67-53(37-19-9-3-10-20-37)66-54(68-55)38-21-11-4-12-22-38/h1-34H. The van der Waals surface area contributed by atoms with Gasteiger partial charge in [0, 0.05) is 44.2 Å². The van der Waals surface area contributed by atoms with Crippen molar-refractivity contribution in [3.05, 3.63) is 217 Å². The van der Waals surface area contributed by atoms with Gasteiger partial charge in [0.1, 0.15) is 0 Å². The minimum Gasteiger partial charge on any atom is -0.308 e. The number of aromatic nitrogens is 6. The van der Waals surface area contributed by atoms with E-state index in [9.17, 15) is 26.3 Å². The Kier molecular flexibility index (Phi) is 10.6. The van der Waals surface area contributed by atoms with Crippen LogP contribution in [-0.4, -0.2) is 29.5 Å². The third-order valence-corrected chi connectivity index (χ3v) is 11.9. The second kappa shape index (κ2) is 17.1. The number of hydrogen-bond acceptors (Lipinski definition) is 5. The van der Waals surface area contributed by atoms with Gasteiger partial charge in [0.05, 0.1) is 39.2 Å². The van der Waals surface area contributed by atoms with E-state index in [1.165, 1.54) is 0 Å². The summed E-state index contributed by atoms with van der Waals surface area (Å²) in [7, 11) is 0. The van der Waals surface area contributed by atoms with Gasteiger partial charge in [0.25, 0.3) is 0 Å². The average Bonchev–Trinajstić information content (AvgIpc) is 3.72. The molecule has 0 fully saturated rings. The smallest absolute Gasteiger partial charge is 0.308 e. The van der Waals surface area contributed by atoms with Crippen molar-refractivity contribution in [1.29, 1.82) is 0 Å². The minimum absolute atomic E-state index is 0.137. The summed E-state index contributed by atoms with van der Waals surface area (Å²) in [5.41, 5.74) is 4.65. The Labute approximate surface area is 390 Å². The van der Waals surface area contributed by atoms with Crippen LogP contribution in [0.4, 0.5) is 26.3 Å². The van der Waals surface area contributed by atoms with E-state index in [2.05, 4.69) is 0 Å². The maximum Gasteiger partial charge on any atom is 0.416 e. The minimum atomic E-state index is -5.03. The Morgan fingerprint density at radius 3 is 1.30 bits per heavy atom.